The summed E-state index contributed by atoms with van der Waals surface area (Å²) in [6, 6.07) is 7.94. The van der Waals surface area contributed by atoms with Crippen molar-refractivity contribution in [3.63, 3.8) is 0 Å². The second-order valence-corrected chi connectivity index (χ2v) is 4.38. The number of aliphatic hydroxyl groups is 1. The Bertz CT molecular complexity index is 436. The molecule has 4 nitrogen and oxygen atoms in total. The number of rotatable bonds is 7. The minimum atomic E-state index is 0.0680. The number of hydrogen-bond acceptors (Lipinski definition) is 4. The van der Waals surface area contributed by atoms with E-state index in [2.05, 4.69) is 24.8 Å². The zero-order valence-electron chi connectivity index (χ0n) is 11.9. The Morgan fingerprint density at radius 1 is 1.37 bits per heavy atom. The molecular formula is C15H22N2O2. The van der Waals surface area contributed by atoms with E-state index in [1.807, 2.05) is 6.07 Å². The van der Waals surface area contributed by atoms with Crippen LogP contribution in [0.25, 0.3) is 0 Å². The maximum Gasteiger partial charge on any atom is 0.121 e. The molecule has 0 radical (unpaired) electrons. The molecule has 1 N–H and O–H groups in total. The van der Waals surface area contributed by atoms with Crippen LogP contribution in [-0.2, 0) is 0 Å². The summed E-state index contributed by atoms with van der Waals surface area (Å²) in [7, 11) is 1.61. The summed E-state index contributed by atoms with van der Waals surface area (Å²) in [6.45, 7) is 4.82. The minimum Gasteiger partial charge on any atom is -0.497 e. The van der Waals surface area contributed by atoms with Gasteiger partial charge in [0.15, 0.2) is 0 Å². The number of methoxy groups -OCH3 is 1. The fourth-order valence-electron chi connectivity index (χ4n) is 2.31. The van der Waals surface area contributed by atoms with Crippen molar-refractivity contribution in [1.82, 2.24) is 0 Å². The van der Waals surface area contributed by atoms with Crippen molar-refractivity contribution in [3.8, 4) is 11.8 Å². The number of anilines is 1. The summed E-state index contributed by atoms with van der Waals surface area (Å²) >= 11 is 0. The van der Waals surface area contributed by atoms with Gasteiger partial charge in [-0.05, 0) is 25.0 Å². The van der Waals surface area contributed by atoms with Crippen molar-refractivity contribution < 1.29 is 9.84 Å². The molecule has 0 spiro atoms. The molecule has 1 rings (SSSR count). The molecule has 104 valence electrons. The van der Waals surface area contributed by atoms with E-state index in [-0.39, 0.29) is 6.61 Å². The van der Waals surface area contributed by atoms with E-state index in [9.17, 15) is 10.4 Å². The summed E-state index contributed by atoms with van der Waals surface area (Å²) < 4.78 is 5.23. The number of nitrogens with zero attached hydrogens (tertiary/aromatic N) is 2. The topological polar surface area (TPSA) is 56.5 Å². The lowest BCUT2D eigenvalue weighted by Crippen LogP contribution is -2.37. The first-order chi connectivity index (χ1) is 9.21. The lowest BCUT2D eigenvalue weighted by molar-refractivity contribution is 0.296. The number of benzene rings is 1. The molecule has 0 unspecified atom stereocenters. The number of hydrogen-bond donors (Lipinski definition) is 1. The van der Waals surface area contributed by atoms with Crippen LogP contribution in [0.3, 0.4) is 0 Å². The Hall–Kier alpha value is -1.73. The van der Waals surface area contributed by atoms with E-state index < -0.39 is 0 Å². The van der Waals surface area contributed by atoms with Crippen molar-refractivity contribution in [2.75, 3.05) is 25.2 Å². The molecule has 0 fully saturated rings. The van der Waals surface area contributed by atoms with Crippen molar-refractivity contribution in [2.45, 2.75) is 32.7 Å². The second kappa shape index (κ2) is 7.65. The highest BCUT2D eigenvalue weighted by atomic mass is 16.5. The van der Waals surface area contributed by atoms with Gasteiger partial charge in [0.05, 0.1) is 25.0 Å². The SMILES string of the molecule is CCC(CC)N(CCO)c1cc(OC)ccc1C#N. The Labute approximate surface area is 115 Å². The quantitative estimate of drug-likeness (QED) is 0.820. The van der Waals surface area contributed by atoms with Crippen LogP contribution in [0, 0.1) is 11.3 Å². The van der Waals surface area contributed by atoms with Gasteiger partial charge in [-0.2, -0.15) is 5.26 Å². The van der Waals surface area contributed by atoms with Gasteiger partial charge in [0, 0.05) is 18.7 Å². The number of ether oxygens (including phenoxy) is 1. The van der Waals surface area contributed by atoms with Gasteiger partial charge >= 0.3 is 0 Å². The van der Waals surface area contributed by atoms with Crippen molar-refractivity contribution >= 4 is 5.69 Å². The fourth-order valence-corrected chi connectivity index (χ4v) is 2.31. The largest absolute Gasteiger partial charge is 0.497 e. The van der Waals surface area contributed by atoms with Crippen molar-refractivity contribution in [2.24, 2.45) is 0 Å². The van der Waals surface area contributed by atoms with Gasteiger partial charge in [0.2, 0.25) is 0 Å². The standard InChI is InChI=1S/C15H22N2O2/c1-4-13(5-2)17(8-9-18)15-10-14(19-3)7-6-12(15)11-16/h6-7,10,13,18H,4-5,8-9H2,1-3H3. The molecule has 19 heavy (non-hydrogen) atoms. The molecule has 0 aliphatic carbocycles. The maximum absolute atomic E-state index is 9.27. The van der Waals surface area contributed by atoms with E-state index in [1.165, 1.54) is 0 Å². The Morgan fingerprint density at radius 3 is 2.53 bits per heavy atom. The minimum absolute atomic E-state index is 0.0680. The highest BCUT2D eigenvalue weighted by Crippen LogP contribution is 2.28. The van der Waals surface area contributed by atoms with Gasteiger partial charge in [0.25, 0.3) is 0 Å². The first-order valence-electron chi connectivity index (χ1n) is 6.67. The molecule has 0 atom stereocenters. The normalized spacial score (nSPS) is 10.3. The molecule has 1 aromatic rings. The average molecular weight is 262 g/mol. The van der Waals surface area contributed by atoms with Crippen LogP contribution in [0.4, 0.5) is 5.69 Å². The highest BCUT2D eigenvalue weighted by molar-refractivity contribution is 5.62. The van der Waals surface area contributed by atoms with Gasteiger partial charge in [-0.1, -0.05) is 13.8 Å². The van der Waals surface area contributed by atoms with Gasteiger partial charge in [-0.3, -0.25) is 0 Å². The van der Waals surface area contributed by atoms with Crippen molar-refractivity contribution in [3.05, 3.63) is 23.8 Å². The van der Waals surface area contributed by atoms with Gasteiger partial charge < -0.3 is 14.7 Å². The van der Waals surface area contributed by atoms with Gasteiger partial charge in [-0.25, -0.2) is 0 Å². The third-order valence-corrected chi connectivity index (χ3v) is 3.36. The van der Waals surface area contributed by atoms with E-state index in [0.717, 1.165) is 24.3 Å². The van der Waals surface area contributed by atoms with Crippen LogP contribution in [-0.4, -0.2) is 31.4 Å². The maximum atomic E-state index is 9.27. The molecule has 0 amide bonds. The van der Waals surface area contributed by atoms with Crippen LogP contribution in [0.1, 0.15) is 32.3 Å². The highest BCUT2D eigenvalue weighted by Gasteiger charge is 2.19. The molecule has 1 aromatic carbocycles. The van der Waals surface area contributed by atoms with E-state index >= 15 is 0 Å². The molecule has 0 bridgehead atoms. The third kappa shape index (κ3) is 3.62. The molecule has 0 aliphatic rings. The molecule has 0 aromatic heterocycles. The monoisotopic (exact) mass is 262 g/mol. The zero-order chi connectivity index (χ0) is 14.3. The van der Waals surface area contributed by atoms with Crippen LogP contribution >= 0.6 is 0 Å². The lowest BCUT2D eigenvalue weighted by Gasteiger charge is -2.33. The summed E-state index contributed by atoms with van der Waals surface area (Å²) in [5.74, 6) is 0.725. The van der Waals surface area contributed by atoms with Gasteiger partial charge in [0.1, 0.15) is 11.8 Å². The smallest absolute Gasteiger partial charge is 0.121 e. The van der Waals surface area contributed by atoms with Crippen LogP contribution in [0.5, 0.6) is 5.75 Å². The summed E-state index contributed by atoms with van der Waals surface area (Å²) in [5, 5.41) is 18.5. The average Bonchev–Trinajstić information content (AvgIpc) is 2.46. The Balaban J connectivity index is 3.23. The Morgan fingerprint density at radius 2 is 2.05 bits per heavy atom. The van der Waals surface area contributed by atoms with Crippen LogP contribution in [0.2, 0.25) is 0 Å². The first-order valence-corrected chi connectivity index (χ1v) is 6.67. The molecule has 0 saturated carbocycles. The first kappa shape index (κ1) is 15.3. The second-order valence-electron chi connectivity index (χ2n) is 4.38. The summed E-state index contributed by atoms with van der Waals surface area (Å²) in [6.07, 6.45) is 1.94. The fraction of sp³-hybridized carbons (Fsp3) is 0.533. The number of nitriles is 1. The van der Waals surface area contributed by atoms with E-state index in [4.69, 9.17) is 4.74 Å². The number of aliphatic hydroxyl groups excluding tert-OH is 1. The zero-order valence-corrected chi connectivity index (χ0v) is 11.9. The van der Waals surface area contributed by atoms with E-state index in [1.54, 1.807) is 19.2 Å². The molecule has 0 saturated heterocycles. The summed E-state index contributed by atoms with van der Waals surface area (Å²) in [4.78, 5) is 2.10. The molecule has 4 heteroatoms. The molecule has 0 heterocycles. The van der Waals surface area contributed by atoms with Gasteiger partial charge in [-0.15, -0.1) is 0 Å². The molecule has 0 aliphatic heterocycles. The third-order valence-electron chi connectivity index (χ3n) is 3.36. The lowest BCUT2D eigenvalue weighted by atomic mass is 10.1. The van der Waals surface area contributed by atoms with Crippen LogP contribution < -0.4 is 9.64 Å². The van der Waals surface area contributed by atoms with Crippen molar-refractivity contribution in [1.29, 1.82) is 5.26 Å². The Kier molecular flexibility index (Phi) is 6.17. The predicted octanol–water partition coefficient (Wildman–Crippen LogP) is 2.55. The molecular weight excluding hydrogens is 240 g/mol. The van der Waals surface area contributed by atoms with Crippen LogP contribution in [0.15, 0.2) is 18.2 Å². The summed E-state index contributed by atoms with van der Waals surface area (Å²) in [5.41, 5.74) is 1.45. The predicted molar refractivity (Wildman–Crippen MR) is 76.5 cm³/mol. The van der Waals surface area contributed by atoms with E-state index in [0.29, 0.717) is 18.2 Å².